The molecule has 0 aliphatic heterocycles. The van der Waals surface area contributed by atoms with Crippen LogP contribution in [0.4, 0.5) is 5.69 Å². The average Bonchev–Trinajstić information content (AvgIpc) is 2.82. The largest absolute Gasteiger partial charge is 0.459 e. The smallest absolute Gasteiger partial charge is 0.287 e. The van der Waals surface area contributed by atoms with Gasteiger partial charge in [0, 0.05) is 5.69 Å². The third kappa shape index (κ3) is 2.47. The molecule has 0 bridgehead atoms. The predicted octanol–water partition coefficient (Wildman–Crippen LogP) is 2.35. The number of carbonyl (C=O) groups is 1. The first kappa shape index (κ1) is 11.3. The number of amides is 1. The quantitative estimate of drug-likeness (QED) is 0.795. The Bertz CT molecular complexity index is 506. The maximum absolute atomic E-state index is 11.8. The highest BCUT2D eigenvalue weighted by atomic mass is 16.3. The van der Waals surface area contributed by atoms with Gasteiger partial charge in [-0.05, 0) is 30.7 Å². The molecule has 1 unspecified atom stereocenters. The van der Waals surface area contributed by atoms with E-state index in [1.807, 2.05) is 31.2 Å². The Morgan fingerprint density at radius 3 is 2.71 bits per heavy atom. The number of nitrogen functional groups attached to an aromatic ring is 1. The second-order valence-corrected chi connectivity index (χ2v) is 3.80. The van der Waals surface area contributed by atoms with Gasteiger partial charge in [-0.1, -0.05) is 18.2 Å². The van der Waals surface area contributed by atoms with Gasteiger partial charge in [-0.2, -0.15) is 0 Å². The van der Waals surface area contributed by atoms with Gasteiger partial charge in [-0.15, -0.1) is 0 Å². The standard InChI is InChI=1S/C13H14N2O2/c1-9(10-5-2-3-6-11(10)14)15-13(16)12-7-4-8-17-12/h2-9H,14H2,1H3,(H,15,16). The molecule has 1 atom stereocenters. The van der Waals surface area contributed by atoms with Gasteiger partial charge in [0.05, 0.1) is 12.3 Å². The number of benzene rings is 1. The molecule has 0 fully saturated rings. The second kappa shape index (κ2) is 4.74. The lowest BCUT2D eigenvalue weighted by Gasteiger charge is -2.15. The highest BCUT2D eigenvalue weighted by molar-refractivity contribution is 5.91. The van der Waals surface area contributed by atoms with E-state index in [9.17, 15) is 4.79 Å². The molecule has 2 rings (SSSR count). The van der Waals surface area contributed by atoms with Crippen LogP contribution in [0.3, 0.4) is 0 Å². The molecule has 0 aliphatic rings. The summed E-state index contributed by atoms with van der Waals surface area (Å²) in [7, 11) is 0. The molecule has 4 nitrogen and oxygen atoms in total. The van der Waals surface area contributed by atoms with Crippen molar-refractivity contribution in [1.82, 2.24) is 5.32 Å². The minimum atomic E-state index is -0.245. The predicted molar refractivity (Wildman–Crippen MR) is 65.4 cm³/mol. The van der Waals surface area contributed by atoms with Crippen LogP contribution in [0, 0.1) is 0 Å². The molecule has 1 amide bonds. The minimum Gasteiger partial charge on any atom is -0.459 e. The van der Waals surface area contributed by atoms with Crippen LogP contribution in [-0.2, 0) is 0 Å². The number of rotatable bonds is 3. The van der Waals surface area contributed by atoms with Gasteiger partial charge in [0.2, 0.25) is 0 Å². The maximum atomic E-state index is 11.8. The Morgan fingerprint density at radius 1 is 1.29 bits per heavy atom. The lowest BCUT2D eigenvalue weighted by Crippen LogP contribution is -2.26. The highest BCUT2D eigenvalue weighted by Gasteiger charge is 2.14. The zero-order chi connectivity index (χ0) is 12.3. The van der Waals surface area contributed by atoms with E-state index in [4.69, 9.17) is 10.2 Å². The summed E-state index contributed by atoms with van der Waals surface area (Å²) in [6.07, 6.45) is 1.47. The van der Waals surface area contributed by atoms with Gasteiger partial charge in [-0.3, -0.25) is 4.79 Å². The van der Waals surface area contributed by atoms with Crippen LogP contribution in [0.2, 0.25) is 0 Å². The number of hydrogen-bond donors (Lipinski definition) is 2. The molecule has 1 heterocycles. The number of anilines is 1. The lowest BCUT2D eigenvalue weighted by atomic mass is 10.1. The lowest BCUT2D eigenvalue weighted by molar-refractivity contribution is 0.0912. The Labute approximate surface area is 99.4 Å². The summed E-state index contributed by atoms with van der Waals surface area (Å²) in [6.45, 7) is 1.88. The van der Waals surface area contributed by atoms with E-state index >= 15 is 0 Å². The van der Waals surface area contributed by atoms with Crippen molar-refractivity contribution in [2.75, 3.05) is 5.73 Å². The molecule has 0 saturated carbocycles. The molecule has 17 heavy (non-hydrogen) atoms. The van der Waals surface area contributed by atoms with Crippen LogP contribution in [0.25, 0.3) is 0 Å². The number of carbonyl (C=O) groups excluding carboxylic acids is 1. The normalized spacial score (nSPS) is 12.1. The molecule has 2 aromatic rings. The number of nitrogens with one attached hydrogen (secondary N) is 1. The van der Waals surface area contributed by atoms with Crippen LogP contribution < -0.4 is 11.1 Å². The van der Waals surface area contributed by atoms with E-state index in [1.54, 1.807) is 12.1 Å². The van der Waals surface area contributed by atoms with Crippen molar-refractivity contribution in [2.45, 2.75) is 13.0 Å². The maximum Gasteiger partial charge on any atom is 0.287 e. The Balaban J connectivity index is 2.10. The molecule has 0 aliphatic carbocycles. The fourth-order valence-electron chi connectivity index (χ4n) is 1.66. The zero-order valence-electron chi connectivity index (χ0n) is 9.51. The van der Waals surface area contributed by atoms with E-state index in [-0.39, 0.29) is 11.9 Å². The molecular weight excluding hydrogens is 216 g/mol. The molecule has 1 aromatic heterocycles. The van der Waals surface area contributed by atoms with E-state index in [0.29, 0.717) is 11.4 Å². The number of nitrogens with two attached hydrogens (primary N) is 1. The van der Waals surface area contributed by atoms with Crippen molar-refractivity contribution in [1.29, 1.82) is 0 Å². The Hall–Kier alpha value is -2.23. The molecule has 4 heteroatoms. The summed E-state index contributed by atoms with van der Waals surface area (Å²) >= 11 is 0. The topological polar surface area (TPSA) is 68.3 Å². The zero-order valence-corrected chi connectivity index (χ0v) is 9.51. The Kier molecular flexibility index (Phi) is 3.14. The first-order valence-electron chi connectivity index (χ1n) is 5.37. The molecule has 0 radical (unpaired) electrons. The third-order valence-corrected chi connectivity index (χ3v) is 2.56. The minimum absolute atomic E-state index is 0.159. The molecule has 0 saturated heterocycles. The van der Waals surface area contributed by atoms with Gasteiger partial charge in [-0.25, -0.2) is 0 Å². The van der Waals surface area contributed by atoms with E-state index in [0.717, 1.165) is 5.56 Å². The van der Waals surface area contributed by atoms with Crippen LogP contribution in [0.5, 0.6) is 0 Å². The monoisotopic (exact) mass is 230 g/mol. The van der Waals surface area contributed by atoms with Crippen LogP contribution in [0.15, 0.2) is 47.1 Å². The number of para-hydroxylation sites is 1. The van der Waals surface area contributed by atoms with E-state index in [2.05, 4.69) is 5.32 Å². The molecular formula is C13H14N2O2. The van der Waals surface area contributed by atoms with Crippen molar-refractivity contribution in [3.8, 4) is 0 Å². The summed E-state index contributed by atoms with van der Waals surface area (Å²) < 4.78 is 5.02. The van der Waals surface area contributed by atoms with Crippen molar-refractivity contribution >= 4 is 11.6 Å². The van der Waals surface area contributed by atoms with Crippen LogP contribution in [0.1, 0.15) is 29.1 Å². The average molecular weight is 230 g/mol. The number of furan rings is 1. The molecule has 1 aromatic carbocycles. The van der Waals surface area contributed by atoms with Gasteiger partial charge < -0.3 is 15.5 Å². The molecule has 88 valence electrons. The Morgan fingerprint density at radius 2 is 2.06 bits per heavy atom. The first-order chi connectivity index (χ1) is 8.18. The fraction of sp³-hybridized carbons (Fsp3) is 0.154. The van der Waals surface area contributed by atoms with Gasteiger partial charge in [0.25, 0.3) is 5.91 Å². The van der Waals surface area contributed by atoms with Gasteiger partial charge in [0.1, 0.15) is 0 Å². The van der Waals surface area contributed by atoms with Gasteiger partial charge >= 0.3 is 0 Å². The third-order valence-electron chi connectivity index (χ3n) is 2.56. The van der Waals surface area contributed by atoms with E-state index < -0.39 is 0 Å². The fourth-order valence-corrected chi connectivity index (χ4v) is 1.66. The SMILES string of the molecule is CC(NC(=O)c1ccco1)c1ccccc1N. The molecule has 3 N–H and O–H groups in total. The summed E-state index contributed by atoms with van der Waals surface area (Å²) in [4.78, 5) is 11.8. The summed E-state index contributed by atoms with van der Waals surface area (Å²) in [6, 6.07) is 10.6. The van der Waals surface area contributed by atoms with Crippen molar-refractivity contribution in [2.24, 2.45) is 0 Å². The van der Waals surface area contributed by atoms with Crippen LogP contribution >= 0.6 is 0 Å². The highest BCUT2D eigenvalue weighted by Crippen LogP contribution is 2.19. The first-order valence-corrected chi connectivity index (χ1v) is 5.37. The van der Waals surface area contributed by atoms with Crippen molar-refractivity contribution in [3.05, 3.63) is 54.0 Å². The van der Waals surface area contributed by atoms with E-state index in [1.165, 1.54) is 6.26 Å². The second-order valence-electron chi connectivity index (χ2n) is 3.80. The van der Waals surface area contributed by atoms with Crippen molar-refractivity contribution in [3.63, 3.8) is 0 Å². The summed E-state index contributed by atoms with van der Waals surface area (Å²) in [5.74, 6) is 0.0529. The summed E-state index contributed by atoms with van der Waals surface area (Å²) in [5, 5.41) is 2.83. The van der Waals surface area contributed by atoms with Gasteiger partial charge in [0.15, 0.2) is 5.76 Å². The number of hydrogen-bond acceptors (Lipinski definition) is 3. The molecule has 0 spiro atoms. The summed E-state index contributed by atoms with van der Waals surface area (Å²) in [5.41, 5.74) is 7.40. The van der Waals surface area contributed by atoms with Crippen LogP contribution in [-0.4, -0.2) is 5.91 Å². The van der Waals surface area contributed by atoms with Crippen molar-refractivity contribution < 1.29 is 9.21 Å².